The van der Waals surface area contributed by atoms with E-state index in [1.165, 1.54) is 12.8 Å². The van der Waals surface area contributed by atoms with Crippen LogP contribution in [0.5, 0.6) is 0 Å². The molecule has 1 heteroatoms. The summed E-state index contributed by atoms with van der Waals surface area (Å²) in [4.78, 5) is 0. The molecule has 0 rings (SSSR count). The molecule has 0 saturated heterocycles. The van der Waals surface area contributed by atoms with Gasteiger partial charge in [0, 0.05) is 6.04 Å². The maximum Gasteiger partial charge on any atom is 0.00412 e. The summed E-state index contributed by atoms with van der Waals surface area (Å²) in [5, 5.41) is 0. The predicted molar refractivity (Wildman–Crippen MR) is 60.7 cm³/mol. The van der Waals surface area contributed by atoms with E-state index in [0.29, 0.717) is 11.5 Å². The first-order valence-electron chi connectivity index (χ1n) is 5.66. The van der Waals surface area contributed by atoms with Crippen molar-refractivity contribution in [3.63, 3.8) is 0 Å². The van der Waals surface area contributed by atoms with E-state index in [1.807, 2.05) is 0 Å². The van der Waals surface area contributed by atoms with Gasteiger partial charge in [-0.05, 0) is 30.6 Å². The first-order valence-corrected chi connectivity index (χ1v) is 5.66. The van der Waals surface area contributed by atoms with E-state index < -0.39 is 0 Å². The highest BCUT2D eigenvalue weighted by Crippen LogP contribution is 2.31. The Morgan fingerprint density at radius 1 is 1.08 bits per heavy atom. The molecule has 0 aliphatic rings. The Labute approximate surface area is 84.1 Å². The quantitative estimate of drug-likeness (QED) is 0.672. The molecule has 80 valence electrons. The maximum absolute atomic E-state index is 5.98. The summed E-state index contributed by atoms with van der Waals surface area (Å²) < 4.78 is 0. The van der Waals surface area contributed by atoms with Crippen molar-refractivity contribution in [2.24, 2.45) is 17.1 Å². The SMILES string of the molecule is CCC(C)CC(C)(C)CC(N)CC. The summed E-state index contributed by atoms with van der Waals surface area (Å²) in [5.41, 5.74) is 6.40. The first-order chi connectivity index (χ1) is 5.91. The molecule has 2 atom stereocenters. The lowest BCUT2D eigenvalue weighted by atomic mass is 9.77. The molecular weight excluding hydrogens is 158 g/mol. The first kappa shape index (κ1) is 13.0. The zero-order valence-electron chi connectivity index (χ0n) is 10.1. The Kier molecular flexibility index (Phi) is 5.62. The number of hydrogen-bond donors (Lipinski definition) is 1. The molecule has 2 unspecified atom stereocenters. The molecular formula is C12H27N. The fraction of sp³-hybridized carbons (Fsp3) is 1.00. The van der Waals surface area contributed by atoms with Crippen molar-refractivity contribution in [1.29, 1.82) is 0 Å². The molecule has 13 heavy (non-hydrogen) atoms. The van der Waals surface area contributed by atoms with E-state index in [9.17, 15) is 0 Å². The third kappa shape index (κ3) is 6.09. The molecule has 0 aliphatic heterocycles. The van der Waals surface area contributed by atoms with Crippen LogP contribution in [0.4, 0.5) is 0 Å². The van der Waals surface area contributed by atoms with E-state index in [2.05, 4.69) is 34.6 Å². The van der Waals surface area contributed by atoms with Crippen LogP contribution >= 0.6 is 0 Å². The third-order valence-electron chi connectivity index (χ3n) is 2.94. The van der Waals surface area contributed by atoms with Crippen LogP contribution in [0.1, 0.15) is 60.3 Å². The van der Waals surface area contributed by atoms with Crippen LogP contribution in [0, 0.1) is 11.3 Å². The summed E-state index contributed by atoms with van der Waals surface area (Å²) in [5.74, 6) is 0.832. The second kappa shape index (κ2) is 5.64. The minimum Gasteiger partial charge on any atom is -0.328 e. The summed E-state index contributed by atoms with van der Waals surface area (Å²) in [6, 6.07) is 0.388. The zero-order chi connectivity index (χ0) is 10.5. The van der Waals surface area contributed by atoms with Gasteiger partial charge in [-0.15, -0.1) is 0 Å². The van der Waals surface area contributed by atoms with Crippen LogP contribution in [0.25, 0.3) is 0 Å². The molecule has 0 amide bonds. The standard InChI is InChI=1S/C12H27N/c1-6-10(3)8-12(4,5)9-11(13)7-2/h10-11H,6-9,13H2,1-5H3. The Morgan fingerprint density at radius 2 is 1.62 bits per heavy atom. The summed E-state index contributed by atoms with van der Waals surface area (Å²) in [7, 11) is 0. The van der Waals surface area contributed by atoms with Gasteiger partial charge in [0.25, 0.3) is 0 Å². The van der Waals surface area contributed by atoms with Crippen molar-refractivity contribution in [3.05, 3.63) is 0 Å². The average molecular weight is 185 g/mol. The van der Waals surface area contributed by atoms with Crippen molar-refractivity contribution in [2.45, 2.75) is 66.3 Å². The van der Waals surface area contributed by atoms with Gasteiger partial charge < -0.3 is 5.73 Å². The Morgan fingerprint density at radius 3 is 2.00 bits per heavy atom. The lowest BCUT2D eigenvalue weighted by Gasteiger charge is -2.30. The molecule has 0 aromatic heterocycles. The molecule has 0 aromatic carbocycles. The smallest absolute Gasteiger partial charge is 0.00412 e. The van der Waals surface area contributed by atoms with E-state index in [4.69, 9.17) is 5.73 Å². The van der Waals surface area contributed by atoms with E-state index in [0.717, 1.165) is 18.8 Å². The van der Waals surface area contributed by atoms with Gasteiger partial charge in [0.1, 0.15) is 0 Å². The minimum absolute atomic E-state index is 0.388. The Hall–Kier alpha value is -0.0400. The van der Waals surface area contributed by atoms with Crippen molar-refractivity contribution in [2.75, 3.05) is 0 Å². The summed E-state index contributed by atoms with van der Waals surface area (Å²) in [6.45, 7) is 11.5. The van der Waals surface area contributed by atoms with E-state index in [-0.39, 0.29) is 0 Å². The second-order valence-electron chi connectivity index (χ2n) is 5.25. The lowest BCUT2D eigenvalue weighted by Crippen LogP contribution is -2.28. The second-order valence-corrected chi connectivity index (χ2v) is 5.25. The predicted octanol–water partition coefficient (Wildman–Crippen LogP) is 3.58. The van der Waals surface area contributed by atoms with Crippen LogP contribution in [-0.2, 0) is 0 Å². The fourth-order valence-corrected chi connectivity index (χ4v) is 2.03. The minimum atomic E-state index is 0.388. The number of nitrogens with two attached hydrogens (primary N) is 1. The van der Waals surface area contributed by atoms with E-state index in [1.54, 1.807) is 0 Å². The van der Waals surface area contributed by atoms with Gasteiger partial charge in [-0.25, -0.2) is 0 Å². The van der Waals surface area contributed by atoms with Crippen LogP contribution in [0.2, 0.25) is 0 Å². The molecule has 0 saturated carbocycles. The highest BCUT2D eigenvalue weighted by Gasteiger charge is 2.22. The summed E-state index contributed by atoms with van der Waals surface area (Å²) >= 11 is 0. The van der Waals surface area contributed by atoms with E-state index >= 15 is 0 Å². The van der Waals surface area contributed by atoms with Gasteiger partial charge in [0.15, 0.2) is 0 Å². The van der Waals surface area contributed by atoms with Crippen LogP contribution in [0.3, 0.4) is 0 Å². The van der Waals surface area contributed by atoms with Crippen molar-refractivity contribution >= 4 is 0 Å². The number of hydrogen-bond acceptors (Lipinski definition) is 1. The van der Waals surface area contributed by atoms with Gasteiger partial charge in [-0.3, -0.25) is 0 Å². The van der Waals surface area contributed by atoms with Gasteiger partial charge in [0.2, 0.25) is 0 Å². The molecule has 1 nitrogen and oxygen atoms in total. The topological polar surface area (TPSA) is 26.0 Å². The molecule has 2 N–H and O–H groups in total. The van der Waals surface area contributed by atoms with Crippen LogP contribution in [-0.4, -0.2) is 6.04 Å². The molecule has 0 aromatic rings. The monoisotopic (exact) mass is 185 g/mol. The van der Waals surface area contributed by atoms with Gasteiger partial charge in [-0.1, -0.05) is 41.0 Å². The van der Waals surface area contributed by atoms with Crippen LogP contribution < -0.4 is 5.73 Å². The average Bonchev–Trinajstić information content (AvgIpc) is 2.02. The fourth-order valence-electron chi connectivity index (χ4n) is 2.03. The molecule has 0 spiro atoms. The van der Waals surface area contributed by atoms with Gasteiger partial charge in [-0.2, -0.15) is 0 Å². The van der Waals surface area contributed by atoms with Crippen molar-refractivity contribution < 1.29 is 0 Å². The normalized spacial score (nSPS) is 17.1. The van der Waals surface area contributed by atoms with Crippen molar-refractivity contribution in [1.82, 2.24) is 0 Å². The van der Waals surface area contributed by atoms with Crippen molar-refractivity contribution in [3.8, 4) is 0 Å². The zero-order valence-corrected chi connectivity index (χ0v) is 10.1. The Balaban J connectivity index is 3.92. The number of rotatable bonds is 6. The molecule has 0 fully saturated rings. The molecule has 0 bridgehead atoms. The van der Waals surface area contributed by atoms with Crippen LogP contribution in [0.15, 0.2) is 0 Å². The molecule has 0 radical (unpaired) electrons. The lowest BCUT2D eigenvalue weighted by molar-refractivity contribution is 0.233. The largest absolute Gasteiger partial charge is 0.328 e. The third-order valence-corrected chi connectivity index (χ3v) is 2.94. The highest BCUT2D eigenvalue weighted by atomic mass is 14.6. The molecule has 0 aliphatic carbocycles. The van der Waals surface area contributed by atoms with Gasteiger partial charge >= 0.3 is 0 Å². The highest BCUT2D eigenvalue weighted by molar-refractivity contribution is 4.76. The molecule has 0 heterocycles. The maximum atomic E-state index is 5.98. The Bertz CT molecular complexity index is 115. The summed E-state index contributed by atoms with van der Waals surface area (Å²) in [6.07, 6.45) is 4.85. The van der Waals surface area contributed by atoms with Gasteiger partial charge in [0.05, 0.1) is 0 Å².